The molecule has 0 aromatic rings. The fourth-order valence-electron chi connectivity index (χ4n) is 2.78. The Hall–Kier alpha value is -0.530. The minimum Gasteiger partial charge on any atom is -0.457 e. The molecule has 1 aliphatic heterocycles. The summed E-state index contributed by atoms with van der Waals surface area (Å²) in [5, 5.41) is 0. The van der Waals surface area contributed by atoms with Crippen molar-refractivity contribution in [3.63, 3.8) is 0 Å². The van der Waals surface area contributed by atoms with Crippen LogP contribution in [-0.4, -0.2) is 11.6 Å². The van der Waals surface area contributed by atoms with Crippen molar-refractivity contribution in [3.8, 4) is 0 Å². The molecule has 0 amide bonds. The van der Waals surface area contributed by atoms with Crippen molar-refractivity contribution in [2.75, 3.05) is 0 Å². The highest BCUT2D eigenvalue weighted by molar-refractivity contribution is 5.84. The lowest BCUT2D eigenvalue weighted by atomic mass is 9.65. The third kappa shape index (κ3) is 0.644. The summed E-state index contributed by atoms with van der Waals surface area (Å²) < 4.78 is 5.38. The highest BCUT2D eigenvalue weighted by Crippen LogP contribution is 2.57. The average molecular weight is 168 g/mol. The Morgan fingerprint density at radius 3 is 2.50 bits per heavy atom. The van der Waals surface area contributed by atoms with Gasteiger partial charge >= 0.3 is 5.97 Å². The van der Waals surface area contributed by atoms with E-state index in [-0.39, 0.29) is 17.0 Å². The fraction of sp³-hybridized carbons (Fsp3) is 0.900. The summed E-state index contributed by atoms with van der Waals surface area (Å²) >= 11 is 0. The maximum absolute atomic E-state index is 11.2. The first-order valence-electron chi connectivity index (χ1n) is 4.74. The zero-order chi connectivity index (χ0) is 8.98. The molecule has 0 bridgehead atoms. The Morgan fingerprint density at radius 1 is 1.50 bits per heavy atom. The largest absolute Gasteiger partial charge is 0.457 e. The lowest BCUT2D eigenvalue weighted by Gasteiger charge is -2.54. The van der Waals surface area contributed by atoms with Gasteiger partial charge in [0.15, 0.2) is 0 Å². The van der Waals surface area contributed by atoms with Crippen LogP contribution in [0, 0.1) is 11.3 Å². The number of hydrogen-bond acceptors (Lipinski definition) is 2. The Bertz CT molecular complexity index is 232. The van der Waals surface area contributed by atoms with Gasteiger partial charge in [0, 0.05) is 0 Å². The van der Waals surface area contributed by atoms with Crippen LogP contribution in [0.2, 0.25) is 0 Å². The molecule has 2 fully saturated rings. The predicted molar refractivity (Wildman–Crippen MR) is 45.6 cm³/mol. The first-order chi connectivity index (χ1) is 5.51. The van der Waals surface area contributed by atoms with E-state index in [2.05, 4.69) is 6.92 Å². The van der Waals surface area contributed by atoms with E-state index in [0.717, 1.165) is 6.42 Å². The third-order valence-electron chi connectivity index (χ3n) is 3.82. The second kappa shape index (κ2) is 2.04. The number of rotatable bonds is 0. The molecule has 2 atom stereocenters. The maximum atomic E-state index is 11.2. The Labute approximate surface area is 73.3 Å². The van der Waals surface area contributed by atoms with Crippen LogP contribution in [-0.2, 0) is 9.53 Å². The van der Waals surface area contributed by atoms with Gasteiger partial charge in [-0.05, 0) is 39.0 Å². The zero-order valence-corrected chi connectivity index (χ0v) is 8.02. The summed E-state index contributed by atoms with van der Waals surface area (Å²) in [5.74, 6) is 0.529. The molecule has 0 N–H and O–H groups in total. The molecule has 2 nitrogen and oxygen atoms in total. The fourth-order valence-corrected chi connectivity index (χ4v) is 2.78. The van der Waals surface area contributed by atoms with E-state index in [1.807, 2.05) is 13.8 Å². The van der Waals surface area contributed by atoms with Gasteiger partial charge in [-0.2, -0.15) is 0 Å². The van der Waals surface area contributed by atoms with E-state index in [1.165, 1.54) is 12.8 Å². The zero-order valence-electron chi connectivity index (χ0n) is 8.02. The van der Waals surface area contributed by atoms with E-state index < -0.39 is 0 Å². The molecule has 0 unspecified atom stereocenters. The first-order valence-corrected chi connectivity index (χ1v) is 4.74. The van der Waals surface area contributed by atoms with E-state index in [0.29, 0.717) is 5.92 Å². The summed E-state index contributed by atoms with van der Waals surface area (Å²) in [6.07, 6.45) is 3.47. The molecule has 1 saturated heterocycles. The van der Waals surface area contributed by atoms with Crippen molar-refractivity contribution >= 4 is 5.97 Å². The van der Waals surface area contributed by atoms with E-state index >= 15 is 0 Å². The second-order valence-corrected chi connectivity index (χ2v) is 4.70. The Kier molecular flexibility index (Phi) is 1.37. The molecule has 2 aliphatic rings. The van der Waals surface area contributed by atoms with Crippen LogP contribution in [0.25, 0.3) is 0 Å². The summed E-state index contributed by atoms with van der Waals surface area (Å²) in [6, 6.07) is 0. The molecule has 12 heavy (non-hydrogen) atoms. The van der Waals surface area contributed by atoms with Crippen LogP contribution in [0.15, 0.2) is 0 Å². The number of esters is 1. The summed E-state index contributed by atoms with van der Waals surface area (Å²) in [6.45, 7) is 6.22. The molecule has 0 aromatic carbocycles. The minimum absolute atomic E-state index is 0.0174. The maximum Gasteiger partial charge on any atom is 0.316 e. The minimum atomic E-state index is -0.233. The summed E-state index contributed by atoms with van der Waals surface area (Å²) in [4.78, 5) is 11.2. The van der Waals surface area contributed by atoms with Gasteiger partial charge in [-0.15, -0.1) is 0 Å². The van der Waals surface area contributed by atoms with E-state index in [9.17, 15) is 4.79 Å². The average Bonchev–Trinajstić information content (AvgIpc) is 2.36. The van der Waals surface area contributed by atoms with E-state index in [4.69, 9.17) is 4.74 Å². The molecule has 1 aliphatic carbocycles. The van der Waals surface area contributed by atoms with Crippen LogP contribution in [0.3, 0.4) is 0 Å². The van der Waals surface area contributed by atoms with Crippen LogP contribution < -0.4 is 0 Å². The van der Waals surface area contributed by atoms with Crippen molar-refractivity contribution in [1.82, 2.24) is 0 Å². The molecule has 0 aromatic heterocycles. The number of hydrogen-bond donors (Lipinski definition) is 0. The Balaban J connectivity index is 2.29. The number of carbonyl (C=O) groups excluding carboxylic acids is 1. The summed E-state index contributed by atoms with van der Waals surface area (Å²) in [7, 11) is 0. The van der Waals surface area contributed by atoms with Gasteiger partial charge in [0.25, 0.3) is 0 Å². The molecule has 2 rings (SSSR count). The van der Waals surface area contributed by atoms with Gasteiger partial charge in [-0.3, -0.25) is 4.79 Å². The van der Waals surface area contributed by atoms with Gasteiger partial charge in [0.2, 0.25) is 0 Å². The lowest BCUT2D eigenvalue weighted by Crippen LogP contribution is -2.65. The lowest BCUT2D eigenvalue weighted by molar-refractivity contribution is -0.244. The highest BCUT2D eigenvalue weighted by Gasteiger charge is 2.66. The van der Waals surface area contributed by atoms with Gasteiger partial charge in [0.1, 0.15) is 11.0 Å². The monoisotopic (exact) mass is 168 g/mol. The molecule has 68 valence electrons. The van der Waals surface area contributed by atoms with Crippen LogP contribution in [0.1, 0.15) is 40.0 Å². The second-order valence-electron chi connectivity index (χ2n) is 4.70. The van der Waals surface area contributed by atoms with Crippen molar-refractivity contribution in [2.45, 2.75) is 45.6 Å². The normalized spacial score (nSPS) is 44.2. The molecule has 1 saturated carbocycles. The van der Waals surface area contributed by atoms with Gasteiger partial charge in [-0.25, -0.2) is 0 Å². The van der Waals surface area contributed by atoms with Crippen molar-refractivity contribution < 1.29 is 9.53 Å². The van der Waals surface area contributed by atoms with Crippen LogP contribution in [0.5, 0.6) is 0 Å². The first kappa shape index (κ1) is 8.09. The van der Waals surface area contributed by atoms with E-state index in [1.54, 1.807) is 0 Å². The molecular formula is C10H16O2. The quantitative estimate of drug-likeness (QED) is 0.518. The molecule has 1 heterocycles. The highest BCUT2D eigenvalue weighted by atomic mass is 16.6. The standard InChI is InChI=1S/C10H16O2/c1-7-5-4-6-10(7)9(2,3)8(11)12-10/h7H,4-6H2,1-3H3/t7-,10+/m1/s1. The number of carbonyl (C=O) groups is 1. The third-order valence-corrected chi connectivity index (χ3v) is 3.82. The van der Waals surface area contributed by atoms with Gasteiger partial charge in [-0.1, -0.05) is 6.92 Å². The predicted octanol–water partition coefficient (Wildman–Crippen LogP) is 2.13. The Morgan fingerprint density at radius 2 is 2.17 bits per heavy atom. The van der Waals surface area contributed by atoms with Crippen molar-refractivity contribution in [2.24, 2.45) is 11.3 Å². The summed E-state index contributed by atoms with van der Waals surface area (Å²) in [5.41, 5.74) is -0.340. The SMILES string of the molecule is C[C@@H]1CCC[C@]12OC(=O)C2(C)C. The van der Waals surface area contributed by atoms with Crippen molar-refractivity contribution in [1.29, 1.82) is 0 Å². The molecule has 0 radical (unpaired) electrons. The van der Waals surface area contributed by atoms with Gasteiger partial charge < -0.3 is 4.74 Å². The molecular weight excluding hydrogens is 152 g/mol. The van der Waals surface area contributed by atoms with Crippen LogP contribution in [0.4, 0.5) is 0 Å². The van der Waals surface area contributed by atoms with Crippen molar-refractivity contribution in [3.05, 3.63) is 0 Å². The topological polar surface area (TPSA) is 26.3 Å². The molecule has 1 spiro atoms. The molecule has 2 heteroatoms. The smallest absolute Gasteiger partial charge is 0.316 e. The van der Waals surface area contributed by atoms with Crippen LogP contribution >= 0.6 is 0 Å². The van der Waals surface area contributed by atoms with Gasteiger partial charge in [0.05, 0.1) is 0 Å². The number of ether oxygens (including phenoxy) is 1.